The summed E-state index contributed by atoms with van der Waals surface area (Å²) in [4.78, 5) is 42.3. The van der Waals surface area contributed by atoms with Gasteiger partial charge in [-0.1, -0.05) is 23.7 Å². The monoisotopic (exact) mass is 487 g/mol. The lowest BCUT2D eigenvalue weighted by atomic mass is 10.1. The number of thiophene rings is 1. The predicted molar refractivity (Wildman–Crippen MR) is 131 cm³/mol. The first-order valence-corrected chi connectivity index (χ1v) is 11.8. The first kappa shape index (κ1) is 23.3. The van der Waals surface area contributed by atoms with Crippen LogP contribution in [-0.2, 0) is 20.1 Å². The summed E-state index contributed by atoms with van der Waals surface area (Å²) in [5, 5.41) is 3.45. The first-order chi connectivity index (χ1) is 15.7. The molecule has 1 aliphatic rings. The van der Waals surface area contributed by atoms with Crippen LogP contribution in [0.25, 0.3) is 10.2 Å². The van der Waals surface area contributed by atoms with Gasteiger partial charge in [-0.3, -0.25) is 14.5 Å². The Balaban J connectivity index is 1.54. The molecule has 4 rings (SSSR count). The van der Waals surface area contributed by atoms with Crippen LogP contribution in [0.3, 0.4) is 0 Å². The van der Waals surface area contributed by atoms with Gasteiger partial charge in [0.25, 0.3) is 5.91 Å². The van der Waals surface area contributed by atoms with Gasteiger partial charge in [-0.15, -0.1) is 11.3 Å². The number of nitrogens with one attached hydrogen (secondary N) is 1. The quantitative estimate of drug-likeness (QED) is 0.577. The fraction of sp³-hybridized carbons (Fsp3) is 0.348. The summed E-state index contributed by atoms with van der Waals surface area (Å²) in [6.07, 6.45) is 1.61. The number of aryl methyl sites for hydroxylation is 2. The van der Waals surface area contributed by atoms with Crippen molar-refractivity contribution in [2.45, 2.75) is 20.0 Å². The molecular formula is C23H26ClN5O3S. The molecule has 0 aliphatic carbocycles. The number of aromatic nitrogens is 1. The highest BCUT2D eigenvalue weighted by Crippen LogP contribution is 2.30. The fourth-order valence-electron chi connectivity index (χ4n) is 4.09. The van der Waals surface area contributed by atoms with Crippen molar-refractivity contribution < 1.29 is 9.59 Å². The number of carbonyl (C=O) groups excluding carboxylic acids is 2. The molecule has 1 fully saturated rings. The molecule has 1 saturated heterocycles. The third-order valence-electron chi connectivity index (χ3n) is 6.00. The summed E-state index contributed by atoms with van der Waals surface area (Å²) in [6, 6.07) is 6.80. The molecule has 0 atom stereocenters. The van der Waals surface area contributed by atoms with Crippen LogP contribution in [0, 0.1) is 6.92 Å². The molecule has 3 aromatic rings. The molecule has 3 N–H and O–H groups in total. The minimum atomic E-state index is -0.400. The lowest BCUT2D eigenvalue weighted by Gasteiger charge is -2.33. The van der Waals surface area contributed by atoms with Crippen LogP contribution in [0.1, 0.15) is 26.4 Å². The zero-order valence-electron chi connectivity index (χ0n) is 18.6. The van der Waals surface area contributed by atoms with Crippen LogP contribution in [0.15, 0.2) is 35.3 Å². The number of halogens is 1. The Morgan fingerprint density at radius 1 is 1.15 bits per heavy atom. The molecule has 0 spiro atoms. The number of urea groups is 1. The fourth-order valence-corrected chi connectivity index (χ4v) is 5.56. The van der Waals surface area contributed by atoms with Gasteiger partial charge in [-0.25, -0.2) is 4.79 Å². The number of hydrogen-bond acceptors (Lipinski definition) is 5. The van der Waals surface area contributed by atoms with Gasteiger partial charge in [-0.05, 0) is 30.2 Å². The highest BCUT2D eigenvalue weighted by Gasteiger charge is 2.23. The van der Waals surface area contributed by atoms with Crippen LogP contribution in [-0.4, -0.2) is 52.5 Å². The number of nitrogens with two attached hydrogens (primary N) is 1. The molecule has 0 radical (unpaired) electrons. The van der Waals surface area contributed by atoms with Crippen LogP contribution >= 0.6 is 22.9 Å². The van der Waals surface area contributed by atoms with Crippen LogP contribution in [0.5, 0.6) is 0 Å². The summed E-state index contributed by atoms with van der Waals surface area (Å²) in [5.74, 6) is -0.400. The number of primary amides is 1. The van der Waals surface area contributed by atoms with Gasteiger partial charge in [0.05, 0.1) is 10.2 Å². The van der Waals surface area contributed by atoms with Crippen molar-refractivity contribution in [3.05, 3.63) is 67.3 Å². The molecule has 3 amide bonds. The summed E-state index contributed by atoms with van der Waals surface area (Å²) in [6.45, 7) is 5.65. The molecule has 10 heteroatoms. The predicted octanol–water partition coefficient (Wildman–Crippen LogP) is 2.69. The van der Waals surface area contributed by atoms with Gasteiger partial charge in [0.15, 0.2) is 0 Å². The molecule has 0 bridgehead atoms. The molecule has 1 aromatic carbocycles. The van der Waals surface area contributed by atoms with Gasteiger partial charge in [0, 0.05) is 62.4 Å². The van der Waals surface area contributed by atoms with Crippen LogP contribution < -0.4 is 16.5 Å². The average molecular weight is 488 g/mol. The van der Waals surface area contributed by atoms with Gasteiger partial charge >= 0.3 is 6.03 Å². The zero-order chi connectivity index (χ0) is 23.7. The number of pyridine rings is 1. The van der Waals surface area contributed by atoms with E-state index in [-0.39, 0.29) is 11.0 Å². The van der Waals surface area contributed by atoms with Crippen molar-refractivity contribution in [2.75, 3.05) is 26.2 Å². The molecule has 0 saturated carbocycles. The zero-order valence-corrected chi connectivity index (χ0v) is 20.1. The van der Waals surface area contributed by atoms with Gasteiger partial charge in [-0.2, -0.15) is 0 Å². The SMILES string of the molecule is Cc1c(CN2CCN(C(N)=O)CC2)sc2c(=O)c(C(=O)NCc3ccc(Cl)cc3)cn(C)c12. The van der Waals surface area contributed by atoms with E-state index in [1.165, 1.54) is 11.3 Å². The van der Waals surface area contributed by atoms with Crippen molar-refractivity contribution in [3.63, 3.8) is 0 Å². The van der Waals surface area contributed by atoms with E-state index in [1.54, 1.807) is 23.2 Å². The maximum Gasteiger partial charge on any atom is 0.314 e. The number of carbonyl (C=O) groups is 2. The Bertz CT molecular complexity index is 1260. The third kappa shape index (κ3) is 4.90. The Morgan fingerprint density at radius 2 is 1.82 bits per heavy atom. The lowest BCUT2D eigenvalue weighted by Crippen LogP contribution is -2.50. The van der Waals surface area contributed by atoms with Gasteiger partial charge < -0.3 is 20.5 Å². The van der Waals surface area contributed by atoms with Crippen molar-refractivity contribution in [3.8, 4) is 0 Å². The molecule has 33 heavy (non-hydrogen) atoms. The Kier molecular flexibility index (Phi) is 6.73. The van der Waals surface area contributed by atoms with Crippen molar-refractivity contribution in [2.24, 2.45) is 12.8 Å². The molecule has 2 aromatic heterocycles. The number of piperazine rings is 1. The topological polar surface area (TPSA) is 101 Å². The van der Waals surface area contributed by atoms with Gasteiger partial charge in [0.1, 0.15) is 5.56 Å². The minimum Gasteiger partial charge on any atom is -0.351 e. The highest BCUT2D eigenvalue weighted by atomic mass is 35.5. The van der Waals surface area contributed by atoms with Crippen molar-refractivity contribution >= 4 is 45.1 Å². The first-order valence-electron chi connectivity index (χ1n) is 10.7. The summed E-state index contributed by atoms with van der Waals surface area (Å²) in [7, 11) is 1.85. The van der Waals surface area contributed by atoms with E-state index in [9.17, 15) is 14.4 Å². The second kappa shape index (κ2) is 9.54. The molecular weight excluding hydrogens is 462 g/mol. The second-order valence-corrected chi connectivity index (χ2v) is 9.76. The van der Waals surface area contributed by atoms with E-state index in [0.29, 0.717) is 35.9 Å². The summed E-state index contributed by atoms with van der Waals surface area (Å²) >= 11 is 7.34. The molecule has 1 aliphatic heterocycles. The van der Waals surface area contributed by atoms with Crippen molar-refractivity contribution in [1.82, 2.24) is 19.7 Å². The minimum absolute atomic E-state index is 0.127. The largest absolute Gasteiger partial charge is 0.351 e. The molecule has 0 unspecified atom stereocenters. The third-order valence-corrected chi connectivity index (χ3v) is 7.52. The lowest BCUT2D eigenvalue weighted by molar-refractivity contribution is 0.0949. The number of nitrogens with zero attached hydrogens (tertiary/aromatic N) is 3. The van der Waals surface area contributed by atoms with E-state index in [2.05, 4.69) is 10.2 Å². The highest BCUT2D eigenvalue weighted by molar-refractivity contribution is 7.19. The molecule has 8 nitrogen and oxygen atoms in total. The van der Waals surface area contributed by atoms with E-state index in [0.717, 1.165) is 34.6 Å². The Hall–Kier alpha value is -2.88. The van der Waals surface area contributed by atoms with E-state index in [4.69, 9.17) is 17.3 Å². The molecule has 174 valence electrons. The standard InChI is InChI=1S/C23H26ClN5O3S/c1-14-18(13-28-7-9-29(10-8-28)23(25)32)33-21-19(14)27(2)12-17(20(21)30)22(31)26-11-15-3-5-16(24)6-4-15/h3-6,12H,7-11,13H2,1-2H3,(H2,25,32)(H,26,31). The number of amides is 3. The van der Waals surface area contributed by atoms with Crippen LogP contribution in [0.4, 0.5) is 4.79 Å². The van der Waals surface area contributed by atoms with E-state index < -0.39 is 11.9 Å². The number of benzene rings is 1. The van der Waals surface area contributed by atoms with Crippen molar-refractivity contribution in [1.29, 1.82) is 0 Å². The maximum absolute atomic E-state index is 13.2. The molecule has 3 heterocycles. The average Bonchev–Trinajstić information content (AvgIpc) is 3.12. The maximum atomic E-state index is 13.2. The number of fused-ring (bicyclic) bond motifs is 1. The summed E-state index contributed by atoms with van der Waals surface area (Å²) in [5.41, 5.74) is 8.03. The normalized spacial score (nSPS) is 14.6. The van der Waals surface area contributed by atoms with E-state index >= 15 is 0 Å². The smallest absolute Gasteiger partial charge is 0.314 e. The summed E-state index contributed by atoms with van der Waals surface area (Å²) < 4.78 is 2.44. The van der Waals surface area contributed by atoms with Crippen LogP contribution in [0.2, 0.25) is 5.02 Å². The number of hydrogen-bond donors (Lipinski definition) is 2. The Morgan fingerprint density at radius 3 is 2.45 bits per heavy atom. The van der Waals surface area contributed by atoms with E-state index in [1.807, 2.05) is 30.7 Å². The Labute approximate surface area is 200 Å². The number of rotatable bonds is 5. The second-order valence-electron chi connectivity index (χ2n) is 8.22. The van der Waals surface area contributed by atoms with Gasteiger partial charge in [0.2, 0.25) is 5.43 Å².